The smallest absolute Gasteiger partial charge is 0.326 e. The van der Waals surface area contributed by atoms with Crippen LogP contribution in [0.5, 0.6) is 5.75 Å². The average molecular weight is 418 g/mol. The number of benzene rings is 2. The topological polar surface area (TPSA) is 88.8 Å². The van der Waals surface area contributed by atoms with Gasteiger partial charge in [-0.25, -0.2) is 4.79 Å². The fourth-order valence-corrected chi connectivity index (χ4v) is 2.81. The summed E-state index contributed by atoms with van der Waals surface area (Å²) in [5.41, 5.74) is 1.32. The number of carboxylic acids is 1. The molecule has 0 saturated carbocycles. The van der Waals surface area contributed by atoms with Gasteiger partial charge in [-0.1, -0.05) is 28.1 Å². The molecule has 6 nitrogen and oxygen atoms in total. The van der Waals surface area contributed by atoms with Crippen LogP contribution in [-0.2, 0) is 11.2 Å². The number of aliphatic carboxylic acids is 1. The van der Waals surface area contributed by atoms with Crippen LogP contribution in [-0.4, -0.2) is 30.1 Å². The first-order valence-corrected chi connectivity index (χ1v) is 8.61. The Morgan fingerprint density at radius 3 is 2.58 bits per heavy atom. The van der Waals surface area contributed by atoms with E-state index in [-0.39, 0.29) is 12.2 Å². The molecular weight excluding hydrogens is 402 g/mol. The zero-order valence-electron chi connectivity index (χ0n) is 13.9. The van der Waals surface area contributed by atoms with Crippen molar-refractivity contribution in [2.75, 3.05) is 7.11 Å². The van der Waals surface area contributed by atoms with E-state index in [2.05, 4.69) is 21.2 Å². The van der Waals surface area contributed by atoms with Gasteiger partial charge in [0, 0.05) is 16.3 Å². The van der Waals surface area contributed by atoms with E-state index in [4.69, 9.17) is 9.15 Å². The second kappa shape index (κ2) is 7.61. The van der Waals surface area contributed by atoms with Crippen molar-refractivity contribution in [3.8, 4) is 5.75 Å². The van der Waals surface area contributed by atoms with Gasteiger partial charge in [-0.05, 0) is 42.0 Å². The Balaban J connectivity index is 1.77. The van der Waals surface area contributed by atoms with Crippen molar-refractivity contribution in [1.82, 2.24) is 5.32 Å². The SMILES string of the molecule is COc1ccc2oc(C(=O)N[C@@H](Cc3ccc(Br)cc3)C(=O)O)cc2c1. The maximum absolute atomic E-state index is 12.4. The lowest BCUT2D eigenvalue weighted by atomic mass is 10.1. The quantitative estimate of drug-likeness (QED) is 0.638. The highest BCUT2D eigenvalue weighted by atomic mass is 79.9. The molecule has 1 amide bonds. The summed E-state index contributed by atoms with van der Waals surface area (Å²) in [7, 11) is 1.55. The van der Waals surface area contributed by atoms with Crippen molar-refractivity contribution in [3.63, 3.8) is 0 Å². The fourth-order valence-electron chi connectivity index (χ4n) is 2.55. The molecule has 134 valence electrons. The van der Waals surface area contributed by atoms with Gasteiger partial charge in [0.25, 0.3) is 5.91 Å². The van der Waals surface area contributed by atoms with Crippen LogP contribution in [0.25, 0.3) is 11.0 Å². The van der Waals surface area contributed by atoms with E-state index in [1.54, 1.807) is 43.5 Å². The lowest BCUT2D eigenvalue weighted by molar-refractivity contribution is -0.139. The van der Waals surface area contributed by atoms with E-state index >= 15 is 0 Å². The molecule has 1 heterocycles. The summed E-state index contributed by atoms with van der Waals surface area (Å²) in [6.45, 7) is 0. The minimum atomic E-state index is -1.11. The maximum atomic E-state index is 12.4. The van der Waals surface area contributed by atoms with Gasteiger partial charge in [-0.15, -0.1) is 0 Å². The lowest BCUT2D eigenvalue weighted by Crippen LogP contribution is -2.42. The molecule has 0 bridgehead atoms. The van der Waals surface area contributed by atoms with E-state index in [1.165, 1.54) is 0 Å². The van der Waals surface area contributed by atoms with Gasteiger partial charge in [0.1, 0.15) is 17.4 Å². The molecule has 1 atom stereocenters. The number of methoxy groups -OCH3 is 1. The number of amides is 1. The molecule has 1 aromatic heterocycles. The first-order valence-electron chi connectivity index (χ1n) is 7.82. The van der Waals surface area contributed by atoms with E-state index in [0.29, 0.717) is 16.7 Å². The van der Waals surface area contributed by atoms with Crippen LogP contribution in [0, 0.1) is 0 Å². The van der Waals surface area contributed by atoms with Crippen molar-refractivity contribution >= 4 is 38.8 Å². The minimum absolute atomic E-state index is 0.0512. The average Bonchev–Trinajstić information content (AvgIpc) is 3.06. The van der Waals surface area contributed by atoms with Crippen LogP contribution in [0.4, 0.5) is 0 Å². The molecule has 2 aromatic carbocycles. The Labute approximate surface area is 157 Å². The number of rotatable bonds is 6. The van der Waals surface area contributed by atoms with E-state index < -0.39 is 17.9 Å². The second-order valence-corrected chi connectivity index (χ2v) is 6.62. The zero-order valence-corrected chi connectivity index (χ0v) is 15.4. The Hall–Kier alpha value is -2.80. The number of furan rings is 1. The standard InChI is InChI=1S/C19H16BrNO5/c1-25-14-6-7-16-12(9-14)10-17(26-16)18(22)21-15(19(23)24)8-11-2-4-13(20)5-3-11/h2-7,9-10,15H,8H2,1H3,(H,21,22)(H,23,24)/t15-/m0/s1. The molecule has 7 heteroatoms. The van der Waals surface area contributed by atoms with Gasteiger partial charge in [0.2, 0.25) is 0 Å². The minimum Gasteiger partial charge on any atom is -0.497 e. The third-order valence-corrected chi connectivity index (χ3v) is 4.43. The van der Waals surface area contributed by atoms with Crippen molar-refractivity contribution in [1.29, 1.82) is 0 Å². The zero-order chi connectivity index (χ0) is 18.7. The Morgan fingerprint density at radius 2 is 1.92 bits per heavy atom. The van der Waals surface area contributed by atoms with Crippen LogP contribution < -0.4 is 10.1 Å². The number of hydrogen-bond donors (Lipinski definition) is 2. The Morgan fingerprint density at radius 1 is 1.19 bits per heavy atom. The molecule has 0 unspecified atom stereocenters. The first kappa shape index (κ1) is 18.0. The lowest BCUT2D eigenvalue weighted by Gasteiger charge is -2.13. The van der Waals surface area contributed by atoms with Crippen molar-refractivity contribution in [3.05, 3.63) is 64.3 Å². The summed E-state index contributed by atoms with van der Waals surface area (Å²) >= 11 is 3.33. The largest absolute Gasteiger partial charge is 0.497 e. The van der Waals surface area contributed by atoms with E-state index in [1.807, 2.05) is 12.1 Å². The van der Waals surface area contributed by atoms with Crippen LogP contribution >= 0.6 is 15.9 Å². The van der Waals surface area contributed by atoms with E-state index in [0.717, 1.165) is 10.0 Å². The number of ether oxygens (including phenoxy) is 1. The number of carbonyl (C=O) groups excluding carboxylic acids is 1. The number of carboxylic acid groups (broad SMARTS) is 1. The summed E-state index contributed by atoms with van der Waals surface area (Å²) in [6.07, 6.45) is 0.169. The Kier molecular flexibility index (Phi) is 5.27. The molecule has 0 aliphatic carbocycles. The van der Waals surface area contributed by atoms with Gasteiger partial charge in [-0.2, -0.15) is 0 Å². The highest BCUT2D eigenvalue weighted by Gasteiger charge is 2.23. The number of hydrogen-bond acceptors (Lipinski definition) is 4. The third kappa shape index (κ3) is 4.05. The van der Waals surface area contributed by atoms with Gasteiger partial charge < -0.3 is 19.6 Å². The maximum Gasteiger partial charge on any atom is 0.326 e. The molecule has 2 N–H and O–H groups in total. The first-order chi connectivity index (χ1) is 12.5. The number of nitrogens with one attached hydrogen (secondary N) is 1. The second-order valence-electron chi connectivity index (χ2n) is 5.71. The van der Waals surface area contributed by atoms with E-state index in [9.17, 15) is 14.7 Å². The van der Waals surface area contributed by atoms with Gasteiger partial charge in [0.05, 0.1) is 7.11 Å². The fraction of sp³-hybridized carbons (Fsp3) is 0.158. The predicted octanol–water partition coefficient (Wildman–Crippen LogP) is 3.63. The summed E-state index contributed by atoms with van der Waals surface area (Å²) in [5, 5.41) is 12.6. The van der Waals surface area contributed by atoms with Crippen molar-refractivity contribution in [2.24, 2.45) is 0 Å². The Bertz CT molecular complexity index is 948. The van der Waals surface area contributed by atoms with Crippen LogP contribution in [0.15, 0.2) is 57.4 Å². The monoisotopic (exact) mass is 417 g/mol. The molecule has 0 radical (unpaired) electrons. The molecule has 3 aromatic rings. The predicted molar refractivity (Wildman–Crippen MR) is 99.5 cm³/mol. The van der Waals surface area contributed by atoms with Crippen LogP contribution in [0.3, 0.4) is 0 Å². The molecule has 0 fully saturated rings. The highest BCUT2D eigenvalue weighted by molar-refractivity contribution is 9.10. The summed E-state index contributed by atoms with van der Waals surface area (Å²) in [5.74, 6) is -0.997. The summed E-state index contributed by atoms with van der Waals surface area (Å²) in [6, 6.07) is 12.9. The van der Waals surface area contributed by atoms with Crippen LogP contribution in [0.1, 0.15) is 16.1 Å². The third-order valence-electron chi connectivity index (χ3n) is 3.90. The molecular formula is C19H16BrNO5. The van der Waals surface area contributed by atoms with Crippen LogP contribution in [0.2, 0.25) is 0 Å². The molecule has 3 rings (SSSR count). The van der Waals surface area contributed by atoms with Gasteiger partial charge >= 0.3 is 5.97 Å². The number of fused-ring (bicyclic) bond motifs is 1. The normalized spacial score (nSPS) is 11.9. The molecule has 0 saturated heterocycles. The van der Waals surface area contributed by atoms with Crippen molar-refractivity contribution < 1.29 is 23.8 Å². The highest BCUT2D eigenvalue weighted by Crippen LogP contribution is 2.24. The molecule has 26 heavy (non-hydrogen) atoms. The molecule has 0 aliphatic heterocycles. The molecule has 0 aliphatic rings. The van der Waals surface area contributed by atoms with Gasteiger partial charge in [0.15, 0.2) is 5.76 Å². The number of halogens is 1. The van der Waals surface area contributed by atoms with Gasteiger partial charge in [-0.3, -0.25) is 4.79 Å². The summed E-state index contributed by atoms with van der Waals surface area (Å²) in [4.78, 5) is 23.9. The summed E-state index contributed by atoms with van der Waals surface area (Å²) < 4.78 is 11.5. The molecule has 0 spiro atoms. The number of carbonyl (C=O) groups is 2. The van der Waals surface area contributed by atoms with Crippen molar-refractivity contribution in [2.45, 2.75) is 12.5 Å².